The molecule has 0 bridgehead atoms. The third-order valence-corrected chi connectivity index (χ3v) is 3.12. The molecule has 22 heavy (non-hydrogen) atoms. The van der Waals surface area contributed by atoms with Crippen LogP contribution in [0.15, 0.2) is 18.2 Å². The number of benzene rings is 1. The number of esters is 2. The van der Waals surface area contributed by atoms with E-state index in [9.17, 15) is 14.0 Å². The summed E-state index contributed by atoms with van der Waals surface area (Å²) in [6.45, 7) is 7.29. The third-order valence-electron chi connectivity index (χ3n) is 3.12. The van der Waals surface area contributed by atoms with Gasteiger partial charge in [0.2, 0.25) is 0 Å². The normalized spacial score (nSPS) is 12.1. The smallest absolute Gasteiger partial charge is 0.341 e. The zero-order valence-corrected chi connectivity index (χ0v) is 13.5. The van der Waals surface area contributed by atoms with Crippen LogP contribution in [0.25, 0.3) is 0 Å². The Morgan fingerprint density at radius 2 is 1.86 bits per heavy atom. The second-order valence-electron chi connectivity index (χ2n) is 5.78. The largest absolute Gasteiger partial charge is 0.459 e. The van der Waals surface area contributed by atoms with Crippen molar-refractivity contribution in [3.8, 4) is 5.75 Å². The molecular formula is C17H23FO4. The molecule has 0 saturated carbocycles. The molecule has 4 nitrogen and oxygen atoms in total. The van der Waals surface area contributed by atoms with Gasteiger partial charge in [-0.2, -0.15) is 0 Å². The first-order valence-corrected chi connectivity index (χ1v) is 7.48. The fourth-order valence-electron chi connectivity index (χ4n) is 2.01. The molecule has 0 radical (unpaired) electrons. The average Bonchev–Trinajstić information content (AvgIpc) is 2.37. The van der Waals surface area contributed by atoms with E-state index in [4.69, 9.17) is 9.47 Å². The Labute approximate surface area is 130 Å². The topological polar surface area (TPSA) is 52.6 Å². The van der Waals surface area contributed by atoms with Crippen LogP contribution in [0.1, 0.15) is 57.3 Å². The van der Waals surface area contributed by atoms with Crippen molar-refractivity contribution >= 4 is 11.9 Å². The minimum Gasteiger partial charge on any atom is -0.459 e. The zero-order chi connectivity index (χ0) is 16.7. The molecule has 0 amide bonds. The Hall–Kier alpha value is -1.91. The van der Waals surface area contributed by atoms with E-state index < -0.39 is 17.8 Å². The monoisotopic (exact) mass is 310 g/mol. The Balaban J connectivity index is 2.59. The van der Waals surface area contributed by atoms with Crippen molar-refractivity contribution in [2.75, 3.05) is 0 Å². The van der Waals surface area contributed by atoms with Crippen LogP contribution in [0.5, 0.6) is 5.75 Å². The summed E-state index contributed by atoms with van der Waals surface area (Å²) in [5.41, 5.74) is -0.161. The van der Waals surface area contributed by atoms with E-state index >= 15 is 0 Å². The van der Waals surface area contributed by atoms with Gasteiger partial charge in [0.25, 0.3) is 0 Å². The summed E-state index contributed by atoms with van der Waals surface area (Å²) in [6, 6.07) is 3.63. The summed E-state index contributed by atoms with van der Waals surface area (Å²) >= 11 is 0. The van der Waals surface area contributed by atoms with E-state index in [0.29, 0.717) is 5.92 Å². The second-order valence-corrected chi connectivity index (χ2v) is 5.78. The molecule has 0 aromatic heterocycles. The summed E-state index contributed by atoms with van der Waals surface area (Å²) in [7, 11) is 0. The van der Waals surface area contributed by atoms with Crippen LogP contribution in [0.2, 0.25) is 0 Å². The summed E-state index contributed by atoms with van der Waals surface area (Å²) < 4.78 is 23.9. The molecule has 122 valence electrons. The van der Waals surface area contributed by atoms with Crippen molar-refractivity contribution in [2.24, 2.45) is 5.92 Å². The zero-order valence-electron chi connectivity index (χ0n) is 13.5. The number of carbonyl (C=O) groups is 2. The van der Waals surface area contributed by atoms with Gasteiger partial charge < -0.3 is 9.47 Å². The lowest BCUT2D eigenvalue weighted by atomic mass is 10.0. The molecule has 1 aromatic carbocycles. The first-order valence-electron chi connectivity index (χ1n) is 7.48. The van der Waals surface area contributed by atoms with Gasteiger partial charge in [-0.25, -0.2) is 9.18 Å². The van der Waals surface area contributed by atoms with Crippen molar-refractivity contribution in [2.45, 2.75) is 53.1 Å². The molecule has 1 aromatic rings. The summed E-state index contributed by atoms with van der Waals surface area (Å²) in [5.74, 6) is -1.35. The van der Waals surface area contributed by atoms with Crippen molar-refractivity contribution < 1.29 is 23.5 Å². The number of hydrogen-bond donors (Lipinski definition) is 0. The molecule has 0 spiro atoms. The number of rotatable bonds is 7. The minimum absolute atomic E-state index is 0.0616. The molecule has 0 heterocycles. The van der Waals surface area contributed by atoms with Gasteiger partial charge in [-0.15, -0.1) is 0 Å². The van der Waals surface area contributed by atoms with Crippen LogP contribution in [-0.2, 0) is 9.53 Å². The Morgan fingerprint density at radius 3 is 2.41 bits per heavy atom. The summed E-state index contributed by atoms with van der Waals surface area (Å²) in [5, 5.41) is 0. The molecule has 0 fully saturated rings. The van der Waals surface area contributed by atoms with Crippen LogP contribution in [0, 0.1) is 11.7 Å². The quantitative estimate of drug-likeness (QED) is 0.561. The molecule has 0 aliphatic carbocycles. The van der Waals surface area contributed by atoms with E-state index in [0.717, 1.165) is 25.3 Å². The van der Waals surface area contributed by atoms with Gasteiger partial charge in [-0.1, -0.05) is 20.3 Å². The van der Waals surface area contributed by atoms with Gasteiger partial charge in [0.05, 0.1) is 11.7 Å². The molecule has 0 unspecified atom stereocenters. The molecule has 1 atom stereocenters. The fraction of sp³-hybridized carbons (Fsp3) is 0.529. The SMILES string of the molecule is CC(=O)Oc1ccc(C(=O)O[C@H](C)CCCC(C)C)c(F)c1. The van der Waals surface area contributed by atoms with Gasteiger partial charge in [0, 0.05) is 13.0 Å². The number of halogens is 1. The molecule has 0 saturated heterocycles. The molecular weight excluding hydrogens is 287 g/mol. The predicted octanol–water partition coefficient (Wildman–Crippen LogP) is 4.12. The maximum atomic E-state index is 13.9. The van der Waals surface area contributed by atoms with Gasteiger partial charge in [-0.05, 0) is 37.8 Å². The third kappa shape index (κ3) is 6.24. The van der Waals surface area contributed by atoms with E-state index in [1.807, 2.05) is 0 Å². The van der Waals surface area contributed by atoms with Crippen molar-refractivity contribution in [3.63, 3.8) is 0 Å². The predicted molar refractivity (Wildman–Crippen MR) is 81.3 cm³/mol. The fourth-order valence-corrected chi connectivity index (χ4v) is 2.01. The van der Waals surface area contributed by atoms with Crippen LogP contribution in [0.3, 0.4) is 0 Å². The molecule has 0 aliphatic heterocycles. The van der Waals surface area contributed by atoms with Gasteiger partial charge in [0.15, 0.2) is 0 Å². The van der Waals surface area contributed by atoms with Gasteiger partial charge in [-0.3, -0.25) is 4.79 Å². The van der Waals surface area contributed by atoms with E-state index in [-0.39, 0.29) is 17.4 Å². The maximum absolute atomic E-state index is 13.9. The van der Waals surface area contributed by atoms with Gasteiger partial charge in [0.1, 0.15) is 11.6 Å². The second kappa shape index (κ2) is 8.51. The summed E-state index contributed by atoms with van der Waals surface area (Å²) in [6.07, 6.45) is 2.50. The lowest BCUT2D eigenvalue weighted by molar-refractivity contribution is -0.131. The van der Waals surface area contributed by atoms with E-state index in [1.54, 1.807) is 6.92 Å². The van der Waals surface area contributed by atoms with E-state index in [1.165, 1.54) is 19.1 Å². The first kappa shape index (κ1) is 18.1. The first-order chi connectivity index (χ1) is 10.3. The van der Waals surface area contributed by atoms with Crippen molar-refractivity contribution in [1.82, 2.24) is 0 Å². The minimum atomic E-state index is -0.766. The highest BCUT2D eigenvalue weighted by atomic mass is 19.1. The number of hydrogen-bond acceptors (Lipinski definition) is 4. The standard InChI is InChI=1S/C17H23FO4/c1-11(2)6-5-7-12(3)21-17(20)15-9-8-14(10-16(15)18)22-13(4)19/h8-12H,5-7H2,1-4H3/t12-/m1/s1. The van der Waals surface area contributed by atoms with Crippen molar-refractivity contribution in [1.29, 1.82) is 0 Å². The molecule has 5 heteroatoms. The Bertz CT molecular complexity index is 525. The number of ether oxygens (including phenoxy) is 2. The van der Waals surface area contributed by atoms with Crippen LogP contribution >= 0.6 is 0 Å². The highest BCUT2D eigenvalue weighted by molar-refractivity contribution is 5.90. The number of carbonyl (C=O) groups excluding carboxylic acids is 2. The molecule has 1 rings (SSSR count). The molecule has 0 N–H and O–H groups in total. The highest BCUT2D eigenvalue weighted by Gasteiger charge is 2.17. The van der Waals surface area contributed by atoms with Crippen LogP contribution < -0.4 is 4.74 Å². The maximum Gasteiger partial charge on any atom is 0.341 e. The van der Waals surface area contributed by atoms with Crippen LogP contribution in [0.4, 0.5) is 4.39 Å². The average molecular weight is 310 g/mol. The lowest BCUT2D eigenvalue weighted by Crippen LogP contribution is -2.16. The van der Waals surface area contributed by atoms with E-state index in [2.05, 4.69) is 13.8 Å². The lowest BCUT2D eigenvalue weighted by Gasteiger charge is -2.14. The Morgan fingerprint density at radius 1 is 1.18 bits per heavy atom. The Kier molecular flexibility index (Phi) is 7.02. The van der Waals surface area contributed by atoms with Gasteiger partial charge >= 0.3 is 11.9 Å². The highest BCUT2D eigenvalue weighted by Crippen LogP contribution is 2.19. The van der Waals surface area contributed by atoms with Crippen molar-refractivity contribution in [3.05, 3.63) is 29.6 Å². The summed E-state index contributed by atoms with van der Waals surface area (Å²) in [4.78, 5) is 22.7. The van der Waals surface area contributed by atoms with Crippen LogP contribution in [-0.4, -0.2) is 18.0 Å². The molecule has 0 aliphatic rings.